The molecule has 0 aromatic heterocycles. The van der Waals surface area contributed by atoms with Crippen molar-refractivity contribution in [2.24, 2.45) is 17.8 Å². The second-order valence-electron chi connectivity index (χ2n) is 7.05. The molecule has 1 unspecified atom stereocenters. The van der Waals surface area contributed by atoms with Crippen LogP contribution in [-0.2, 0) is 4.74 Å². The van der Waals surface area contributed by atoms with Crippen molar-refractivity contribution < 1.29 is 9.84 Å². The van der Waals surface area contributed by atoms with Gasteiger partial charge in [0.25, 0.3) is 0 Å². The first-order chi connectivity index (χ1) is 9.58. The maximum absolute atomic E-state index is 9.84. The largest absolute Gasteiger partial charge is 0.389 e. The maximum Gasteiger partial charge on any atom is 0.0897 e. The molecule has 0 aromatic rings. The van der Waals surface area contributed by atoms with E-state index >= 15 is 0 Å². The molecule has 1 fully saturated rings. The third-order valence-corrected chi connectivity index (χ3v) is 4.33. The van der Waals surface area contributed by atoms with Gasteiger partial charge in [-0.15, -0.1) is 0 Å². The first kappa shape index (κ1) is 17.9. The van der Waals surface area contributed by atoms with E-state index in [-0.39, 0.29) is 6.10 Å². The fraction of sp³-hybridized carbons (Fsp3) is 1.00. The Labute approximate surface area is 125 Å². The molecule has 20 heavy (non-hydrogen) atoms. The molecule has 1 aliphatic rings. The Morgan fingerprint density at radius 3 is 2.55 bits per heavy atom. The van der Waals surface area contributed by atoms with E-state index in [0.29, 0.717) is 13.2 Å². The Hall–Kier alpha value is -0.120. The molecule has 1 rings (SSSR count). The molecule has 3 nitrogen and oxygen atoms in total. The minimum atomic E-state index is -0.364. The Bertz CT molecular complexity index is 225. The molecule has 120 valence electrons. The minimum Gasteiger partial charge on any atom is -0.389 e. The van der Waals surface area contributed by atoms with Gasteiger partial charge in [-0.2, -0.15) is 0 Å². The maximum atomic E-state index is 9.84. The van der Waals surface area contributed by atoms with Gasteiger partial charge in [-0.1, -0.05) is 33.6 Å². The Kier molecular flexibility index (Phi) is 9.49. The summed E-state index contributed by atoms with van der Waals surface area (Å²) in [5.41, 5.74) is 0. The molecule has 0 saturated heterocycles. The van der Waals surface area contributed by atoms with Crippen molar-refractivity contribution in [3.8, 4) is 0 Å². The van der Waals surface area contributed by atoms with Gasteiger partial charge in [-0.3, -0.25) is 0 Å². The van der Waals surface area contributed by atoms with Crippen molar-refractivity contribution in [1.29, 1.82) is 0 Å². The number of hydrogen-bond donors (Lipinski definition) is 2. The molecule has 1 aliphatic carbocycles. The molecule has 0 radical (unpaired) electrons. The second-order valence-corrected chi connectivity index (χ2v) is 7.05. The molecule has 0 aromatic carbocycles. The van der Waals surface area contributed by atoms with Crippen LogP contribution in [0.2, 0.25) is 0 Å². The predicted octanol–water partition coefficient (Wildman–Crippen LogP) is 3.22. The van der Waals surface area contributed by atoms with Crippen LogP contribution >= 0.6 is 0 Å². The number of aliphatic hydroxyl groups excluding tert-OH is 1. The van der Waals surface area contributed by atoms with E-state index in [1.165, 1.54) is 32.1 Å². The molecular formula is C17H35NO2. The molecule has 3 heteroatoms. The average molecular weight is 285 g/mol. The van der Waals surface area contributed by atoms with Crippen LogP contribution < -0.4 is 5.32 Å². The van der Waals surface area contributed by atoms with E-state index in [1.807, 2.05) is 0 Å². The van der Waals surface area contributed by atoms with Crippen molar-refractivity contribution in [3.63, 3.8) is 0 Å². The number of aliphatic hydroxyl groups is 1. The topological polar surface area (TPSA) is 41.5 Å². The molecule has 0 amide bonds. The van der Waals surface area contributed by atoms with E-state index in [4.69, 9.17) is 4.74 Å². The highest BCUT2D eigenvalue weighted by molar-refractivity contribution is 4.72. The van der Waals surface area contributed by atoms with E-state index in [9.17, 15) is 5.11 Å². The van der Waals surface area contributed by atoms with E-state index < -0.39 is 0 Å². The first-order valence-corrected chi connectivity index (χ1v) is 8.54. The van der Waals surface area contributed by atoms with E-state index in [2.05, 4.69) is 26.1 Å². The van der Waals surface area contributed by atoms with Gasteiger partial charge in [0.1, 0.15) is 0 Å². The predicted molar refractivity (Wildman–Crippen MR) is 84.9 cm³/mol. The van der Waals surface area contributed by atoms with Gasteiger partial charge in [0.05, 0.1) is 12.7 Å². The van der Waals surface area contributed by atoms with Crippen LogP contribution in [-0.4, -0.2) is 37.5 Å². The summed E-state index contributed by atoms with van der Waals surface area (Å²) in [5, 5.41) is 13.2. The normalized spacial score (nSPS) is 25.1. The molecule has 0 spiro atoms. The summed E-state index contributed by atoms with van der Waals surface area (Å²) in [6, 6.07) is 0. The fourth-order valence-corrected chi connectivity index (χ4v) is 2.86. The van der Waals surface area contributed by atoms with Gasteiger partial charge in [0.2, 0.25) is 0 Å². The lowest BCUT2D eigenvalue weighted by Gasteiger charge is -2.26. The van der Waals surface area contributed by atoms with Crippen molar-refractivity contribution >= 4 is 0 Å². The highest BCUT2D eigenvalue weighted by Gasteiger charge is 2.17. The number of ether oxygens (including phenoxy) is 1. The Balaban J connectivity index is 1.91. The van der Waals surface area contributed by atoms with Gasteiger partial charge in [0.15, 0.2) is 0 Å². The van der Waals surface area contributed by atoms with E-state index in [0.717, 1.165) is 37.3 Å². The number of nitrogens with one attached hydrogen (secondary N) is 1. The highest BCUT2D eigenvalue weighted by atomic mass is 16.5. The van der Waals surface area contributed by atoms with Gasteiger partial charge >= 0.3 is 0 Å². The number of hydrogen-bond acceptors (Lipinski definition) is 3. The van der Waals surface area contributed by atoms with Gasteiger partial charge in [-0.25, -0.2) is 0 Å². The van der Waals surface area contributed by atoms with E-state index in [1.54, 1.807) is 0 Å². The zero-order valence-electron chi connectivity index (χ0n) is 13.7. The average Bonchev–Trinajstić information content (AvgIpc) is 2.40. The van der Waals surface area contributed by atoms with Crippen LogP contribution in [0.3, 0.4) is 0 Å². The van der Waals surface area contributed by atoms with Crippen molar-refractivity contribution in [1.82, 2.24) is 5.32 Å². The monoisotopic (exact) mass is 285 g/mol. The van der Waals surface area contributed by atoms with Crippen molar-refractivity contribution in [2.75, 3.05) is 26.3 Å². The van der Waals surface area contributed by atoms with Gasteiger partial charge in [0, 0.05) is 13.2 Å². The summed E-state index contributed by atoms with van der Waals surface area (Å²) >= 11 is 0. The zero-order chi connectivity index (χ0) is 14.8. The zero-order valence-corrected chi connectivity index (χ0v) is 13.7. The van der Waals surface area contributed by atoms with Gasteiger partial charge < -0.3 is 15.2 Å². The molecule has 0 heterocycles. The lowest BCUT2D eigenvalue weighted by Crippen LogP contribution is -2.34. The molecular weight excluding hydrogens is 250 g/mol. The van der Waals surface area contributed by atoms with Crippen LogP contribution in [0.5, 0.6) is 0 Å². The third-order valence-electron chi connectivity index (χ3n) is 4.33. The number of rotatable bonds is 10. The van der Waals surface area contributed by atoms with Gasteiger partial charge in [-0.05, 0) is 50.0 Å². The lowest BCUT2D eigenvalue weighted by atomic mass is 9.83. The molecule has 0 aliphatic heterocycles. The summed E-state index contributed by atoms with van der Waals surface area (Å²) in [7, 11) is 0. The van der Waals surface area contributed by atoms with Crippen molar-refractivity contribution in [2.45, 2.75) is 65.4 Å². The molecule has 2 N–H and O–H groups in total. The Morgan fingerprint density at radius 1 is 1.20 bits per heavy atom. The third kappa shape index (κ3) is 8.93. The summed E-state index contributed by atoms with van der Waals surface area (Å²) in [6.45, 7) is 9.76. The molecule has 1 saturated carbocycles. The Morgan fingerprint density at radius 2 is 1.90 bits per heavy atom. The molecule has 0 bridgehead atoms. The molecule has 1 atom stereocenters. The summed E-state index contributed by atoms with van der Waals surface area (Å²) in [6.07, 6.45) is 7.36. The van der Waals surface area contributed by atoms with Crippen molar-refractivity contribution in [3.05, 3.63) is 0 Å². The smallest absolute Gasteiger partial charge is 0.0897 e. The minimum absolute atomic E-state index is 0.364. The summed E-state index contributed by atoms with van der Waals surface area (Å²) < 4.78 is 5.51. The second kappa shape index (κ2) is 10.6. The fourth-order valence-electron chi connectivity index (χ4n) is 2.86. The van der Waals surface area contributed by atoms with Crippen LogP contribution in [0.1, 0.15) is 59.3 Å². The SMILES string of the molecule is CC(C)CCCOCC(O)CNCC1CCC(C)CC1. The first-order valence-electron chi connectivity index (χ1n) is 8.54. The lowest BCUT2D eigenvalue weighted by molar-refractivity contribution is 0.0341. The summed E-state index contributed by atoms with van der Waals surface area (Å²) in [4.78, 5) is 0. The van der Waals surface area contributed by atoms with Crippen LogP contribution in [0.15, 0.2) is 0 Å². The quantitative estimate of drug-likeness (QED) is 0.606. The highest BCUT2D eigenvalue weighted by Crippen LogP contribution is 2.27. The van der Waals surface area contributed by atoms with Crippen LogP contribution in [0, 0.1) is 17.8 Å². The van der Waals surface area contributed by atoms with Crippen LogP contribution in [0.4, 0.5) is 0 Å². The standard InChI is InChI=1S/C17H35NO2/c1-14(2)5-4-10-20-13-17(19)12-18-11-16-8-6-15(3)7-9-16/h14-19H,4-13H2,1-3H3. The summed E-state index contributed by atoms with van der Waals surface area (Å²) in [5.74, 6) is 2.46. The van der Waals surface area contributed by atoms with Crippen LogP contribution in [0.25, 0.3) is 0 Å².